The van der Waals surface area contributed by atoms with E-state index in [0.29, 0.717) is 23.1 Å². The lowest BCUT2D eigenvalue weighted by Gasteiger charge is -2.19. The van der Waals surface area contributed by atoms with E-state index < -0.39 is 11.9 Å². The Morgan fingerprint density at radius 1 is 1.00 bits per heavy atom. The largest absolute Gasteiger partial charge is 0.800 e. The van der Waals surface area contributed by atoms with Crippen LogP contribution in [0.15, 0.2) is 85.6 Å². The van der Waals surface area contributed by atoms with E-state index in [0.717, 1.165) is 23.1 Å². The first kappa shape index (κ1) is 26.8. The van der Waals surface area contributed by atoms with Crippen molar-refractivity contribution in [2.24, 2.45) is 0 Å². The monoisotopic (exact) mass is 509 g/mol. The van der Waals surface area contributed by atoms with Crippen LogP contribution in [0, 0.1) is 0 Å². The van der Waals surface area contributed by atoms with Crippen molar-refractivity contribution in [3.8, 4) is 16.9 Å². The molecule has 0 fully saturated rings. The van der Waals surface area contributed by atoms with Crippen molar-refractivity contribution in [1.82, 2.24) is 0 Å². The SMILES string of the molecule is C=Cc1cccc(Cl)c1N/C(=C\C(=[N-])C(F)(F)F)COc1ccc(-c2c(C=C)cccc2CC)cc1. The van der Waals surface area contributed by atoms with Gasteiger partial charge in [-0.05, 0) is 52.4 Å². The van der Waals surface area contributed by atoms with Crippen molar-refractivity contribution in [2.75, 3.05) is 11.9 Å². The predicted molar refractivity (Wildman–Crippen MR) is 145 cm³/mol. The van der Waals surface area contributed by atoms with E-state index in [1.54, 1.807) is 36.4 Å². The van der Waals surface area contributed by atoms with Crippen LogP contribution in [-0.4, -0.2) is 18.5 Å². The highest BCUT2D eigenvalue weighted by molar-refractivity contribution is 6.33. The zero-order valence-electron chi connectivity index (χ0n) is 19.7. The fraction of sp³-hybridized carbons (Fsp3) is 0.138. The fourth-order valence-corrected chi connectivity index (χ4v) is 3.91. The zero-order chi connectivity index (χ0) is 26.3. The van der Waals surface area contributed by atoms with Crippen LogP contribution in [-0.2, 0) is 6.42 Å². The smallest absolute Gasteiger partial charge is 0.395 e. The van der Waals surface area contributed by atoms with E-state index >= 15 is 0 Å². The molecular weight excluding hydrogens is 485 g/mol. The third kappa shape index (κ3) is 6.46. The van der Waals surface area contributed by atoms with Crippen LogP contribution in [0.4, 0.5) is 18.9 Å². The minimum Gasteiger partial charge on any atom is -0.800 e. The lowest BCUT2D eigenvalue weighted by molar-refractivity contribution is -0.0565. The lowest BCUT2D eigenvalue weighted by Crippen LogP contribution is -2.22. The summed E-state index contributed by atoms with van der Waals surface area (Å²) >= 11 is 6.24. The van der Waals surface area contributed by atoms with Gasteiger partial charge in [0.15, 0.2) is 0 Å². The van der Waals surface area contributed by atoms with Crippen LogP contribution in [0.25, 0.3) is 28.7 Å². The maximum Gasteiger partial charge on any atom is 0.395 e. The number of ether oxygens (including phenoxy) is 1. The molecular formula is C29H25ClF3N2O-. The number of para-hydroxylation sites is 1. The molecule has 0 aliphatic carbocycles. The number of benzene rings is 3. The number of nitrogens with one attached hydrogen (secondary N) is 1. The Balaban J connectivity index is 1.87. The van der Waals surface area contributed by atoms with Crippen LogP contribution in [0.5, 0.6) is 5.75 Å². The van der Waals surface area contributed by atoms with Crippen LogP contribution in [0.1, 0.15) is 23.6 Å². The molecule has 0 unspecified atom stereocenters. The highest BCUT2D eigenvalue weighted by Crippen LogP contribution is 2.32. The molecule has 36 heavy (non-hydrogen) atoms. The summed E-state index contributed by atoms with van der Waals surface area (Å²) in [6.45, 7) is 9.39. The van der Waals surface area contributed by atoms with Gasteiger partial charge in [-0.3, -0.25) is 0 Å². The Morgan fingerprint density at radius 3 is 2.25 bits per heavy atom. The molecule has 3 nitrogen and oxygen atoms in total. The second-order valence-corrected chi connectivity index (χ2v) is 8.25. The van der Waals surface area contributed by atoms with Crippen LogP contribution in [0.3, 0.4) is 0 Å². The number of aryl methyl sites for hydroxylation is 1. The van der Waals surface area contributed by atoms with E-state index in [1.165, 1.54) is 11.6 Å². The summed E-state index contributed by atoms with van der Waals surface area (Å²) in [5.74, 6) is 0.440. The number of hydrogen-bond acceptors (Lipinski definition) is 2. The van der Waals surface area contributed by atoms with Crippen molar-refractivity contribution in [1.29, 1.82) is 0 Å². The predicted octanol–water partition coefficient (Wildman–Crippen LogP) is 8.80. The maximum atomic E-state index is 13.0. The molecule has 0 heterocycles. The summed E-state index contributed by atoms with van der Waals surface area (Å²) in [4.78, 5) is 0. The number of alkyl halides is 3. The molecule has 0 amide bonds. The molecule has 0 radical (unpaired) electrons. The Kier molecular flexibility index (Phi) is 8.78. The van der Waals surface area contributed by atoms with Gasteiger partial charge in [0.2, 0.25) is 0 Å². The maximum absolute atomic E-state index is 13.0. The summed E-state index contributed by atoms with van der Waals surface area (Å²) in [7, 11) is 0. The molecule has 0 aromatic heterocycles. The van der Waals surface area contributed by atoms with Crippen LogP contribution in [0.2, 0.25) is 5.02 Å². The van der Waals surface area contributed by atoms with Crippen LogP contribution >= 0.6 is 11.6 Å². The lowest BCUT2D eigenvalue weighted by atomic mass is 9.93. The third-order valence-corrected chi connectivity index (χ3v) is 5.79. The van der Waals surface area contributed by atoms with Crippen molar-refractivity contribution in [3.63, 3.8) is 0 Å². The average molecular weight is 510 g/mol. The van der Waals surface area contributed by atoms with Gasteiger partial charge in [-0.1, -0.05) is 98.1 Å². The molecule has 0 spiro atoms. The molecule has 0 saturated heterocycles. The molecule has 3 rings (SSSR count). The van der Waals surface area contributed by atoms with E-state index in [4.69, 9.17) is 16.3 Å². The summed E-state index contributed by atoms with van der Waals surface area (Å²) in [5.41, 5.74) is 3.35. The molecule has 0 aliphatic rings. The summed E-state index contributed by atoms with van der Waals surface area (Å²) < 4.78 is 44.8. The van der Waals surface area contributed by atoms with E-state index in [1.807, 2.05) is 24.3 Å². The first-order valence-corrected chi connectivity index (χ1v) is 11.5. The van der Waals surface area contributed by atoms with Gasteiger partial charge in [0.1, 0.15) is 12.4 Å². The van der Waals surface area contributed by atoms with Crippen molar-refractivity contribution < 1.29 is 17.9 Å². The highest BCUT2D eigenvalue weighted by Gasteiger charge is 2.26. The van der Waals surface area contributed by atoms with Gasteiger partial charge in [-0.15, -0.1) is 0 Å². The third-order valence-electron chi connectivity index (χ3n) is 5.47. The molecule has 0 atom stereocenters. The zero-order valence-corrected chi connectivity index (χ0v) is 20.5. The highest BCUT2D eigenvalue weighted by atomic mass is 35.5. The second kappa shape index (κ2) is 11.8. The molecule has 1 N–H and O–H groups in total. The standard InChI is InChI=1S/C29H25ClF3N2O/c1-4-19-9-7-10-20(5-2)27(19)22-13-15-24(16-14-22)36-18-23(17-26(34)29(31,32)33)35-28-21(6-3)11-8-12-25(28)30/h4,6-17,35H,1,3,5,18H2,2H3/q-1/b23-17-. The van der Waals surface area contributed by atoms with Gasteiger partial charge in [0, 0.05) is 0 Å². The molecule has 186 valence electrons. The minimum absolute atomic E-state index is 0.0460. The Bertz CT molecular complexity index is 1290. The number of hydrogen-bond donors (Lipinski definition) is 1. The molecule has 3 aromatic rings. The van der Waals surface area contributed by atoms with E-state index in [9.17, 15) is 18.6 Å². The number of allylic oxidation sites excluding steroid dienone is 1. The normalized spacial score (nSPS) is 11.6. The van der Waals surface area contributed by atoms with Crippen molar-refractivity contribution in [2.45, 2.75) is 19.5 Å². The molecule has 0 saturated carbocycles. The molecule has 3 aromatic carbocycles. The van der Waals surface area contributed by atoms with Gasteiger partial charge in [-0.25, -0.2) is 0 Å². The van der Waals surface area contributed by atoms with Crippen molar-refractivity contribution >= 4 is 35.2 Å². The number of anilines is 1. The number of nitrogens with zero attached hydrogens (tertiary/aromatic N) is 1. The summed E-state index contributed by atoms with van der Waals surface area (Å²) in [6, 6.07) is 18.3. The first-order valence-electron chi connectivity index (χ1n) is 11.2. The topological polar surface area (TPSA) is 43.6 Å². The van der Waals surface area contributed by atoms with Gasteiger partial charge in [0.25, 0.3) is 0 Å². The first-order chi connectivity index (χ1) is 17.2. The van der Waals surface area contributed by atoms with Crippen molar-refractivity contribution in [3.05, 3.63) is 113 Å². The number of rotatable bonds is 10. The Labute approximate surface area is 214 Å². The molecule has 0 bridgehead atoms. The Hall–Kier alpha value is -3.77. The van der Waals surface area contributed by atoms with Gasteiger partial charge in [-0.2, -0.15) is 13.2 Å². The quantitative estimate of drug-likeness (QED) is 0.277. The van der Waals surface area contributed by atoms with E-state index in [2.05, 4.69) is 31.5 Å². The Morgan fingerprint density at radius 2 is 1.64 bits per heavy atom. The second-order valence-electron chi connectivity index (χ2n) is 7.84. The minimum atomic E-state index is -4.91. The summed E-state index contributed by atoms with van der Waals surface area (Å²) in [6.07, 6.45) is -0.158. The van der Waals surface area contributed by atoms with Gasteiger partial charge in [0.05, 0.1) is 16.4 Å². The molecule has 0 aliphatic heterocycles. The van der Waals surface area contributed by atoms with Crippen LogP contribution < -0.4 is 10.1 Å². The van der Waals surface area contributed by atoms with Gasteiger partial charge >= 0.3 is 6.18 Å². The summed E-state index contributed by atoms with van der Waals surface area (Å²) in [5, 5.41) is 12.7. The molecule has 7 heteroatoms. The van der Waals surface area contributed by atoms with Gasteiger partial charge < -0.3 is 15.5 Å². The number of halogens is 4. The van der Waals surface area contributed by atoms with E-state index in [-0.39, 0.29) is 17.3 Å². The average Bonchev–Trinajstić information content (AvgIpc) is 2.87. The fourth-order valence-electron chi connectivity index (χ4n) is 3.68.